The summed E-state index contributed by atoms with van der Waals surface area (Å²) in [6.07, 6.45) is 8.02. The first-order valence-corrected chi connectivity index (χ1v) is 7.80. The van der Waals surface area contributed by atoms with Gasteiger partial charge in [-0.15, -0.1) is 11.8 Å². The minimum Gasteiger partial charge on any atom is -0.329 e. The molecule has 1 aromatic carbocycles. The van der Waals surface area contributed by atoms with E-state index in [9.17, 15) is 4.39 Å². The summed E-state index contributed by atoms with van der Waals surface area (Å²) in [7, 11) is 0. The lowest BCUT2D eigenvalue weighted by atomic mass is 9.96. The highest BCUT2D eigenvalue weighted by molar-refractivity contribution is 8.00. The molecule has 0 aliphatic heterocycles. The van der Waals surface area contributed by atoms with Crippen molar-refractivity contribution in [2.24, 2.45) is 11.7 Å². The quantitative estimate of drug-likeness (QED) is 0.653. The van der Waals surface area contributed by atoms with Gasteiger partial charge < -0.3 is 5.73 Å². The van der Waals surface area contributed by atoms with Gasteiger partial charge in [0.1, 0.15) is 5.82 Å². The average molecular weight is 267 g/mol. The molecule has 0 radical (unpaired) electrons. The minimum absolute atomic E-state index is 0.168. The molecule has 18 heavy (non-hydrogen) atoms. The lowest BCUT2D eigenvalue weighted by Gasteiger charge is -2.24. The molecule has 1 aliphatic rings. The molecular formula is C15H22FNS. The van der Waals surface area contributed by atoms with Crippen LogP contribution in [0.5, 0.6) is 0 Å². The third-order valence-electron chi connectivity index (χ3n) is 3.76. The van der Waals surface area contributed by atoms with Crippen molar-refractivity contribution in [3.8, 4) is 0 Å². The fourth-order valence-corrected chi connectivity index (χ4v) is 3.91. The fourth-order valence-electron chi connectivity index (χ4n) is 2.71. The van der Waals surface area contributed by atoms with Gasteiger partial charge in [0, 0.05) is 16.7 Å². The zero-order chi connectivity index (χ0) is 12.8. The van der Waals surface area contributed by atoms with E-state index < -0.39 is 0 Å². The molecule has 100 valence electrons. The Morgan fingerprint density at radius 3 is 2.28 bits per heavy atom. The summed E-state index contributed by atoms with van der Waals surface area (Å²) in [6.45, 7) is 0.715. The van der Waals surface area contributed by atoms with Crippen LogP contribution in [0.2, 0.25) is 0 Å². The Kier molecular flexibility index (Phi) is 5.51. The maximum Gasteiger partial charge on any atom is 0.123 e. The van der Waals surface area contributed by atoms with Gasteiger partial charge in [0.25, 0.3) is 0 Å². The second-order valence-electron chi connectivity index (χ2n) is 5.10. The monoisotopic (exact) mass is 267 g/mol. The first-order chi connectivity index (χ1) is 8.79. The van der Waals surface area contributed by atoms with E-state index in [1.54, 1.807) is 0 Å². The summed E-state index contributed by atoms with van der Waals surface area (Å²) >= 11 is 1.82. The van der Waals surface area contributed by atoms with Gasteiger partial charge in [0.2, 0.25) is 0 Å². The number of rotatable bonds is 4. The van der Waals surface area contributed by atoms with Gasteiger partial charge in [0.05, 0.1) is 0 Å². The smallest absolute Gasteiger partial charge is 0.123 e. The largest absolute Gasteiger partial charge is 0.329 e. The zero-order valence-corrected chi connectivity index (χ0v) is 11.6. The number of halogens is 1. The van der Waals surface area contributed by atoms with Crippen molar-refractivity contribution in [2.75, 3.05) is 6.54 Å². The van der Waals surface area contributed by atoms with E-state index in [4.69, 9.17) is 5.73 Å². The van der Waals surface area contributed by atoms with Crippen molar-refractivity contribution >= 4 is 11.8 Å². The number of thioether (sulfide) groups is 1. The first kappa shape index (κ1) is 13.9. The molecule has 1 saturated carbocycles. The van der Waals surface area contributed by atoms with Crippen molar-refractivity contribution in [2.45, 2.75) is 48.7 Å². The fraction of sp³-hybridized carbons (Fsp3) is 0.600. The maximum atomic E-state index is 12.9. The van der Waals surface area contributed by atoms with E-state index >= 15 is 0 Å². The van der Waals surface area contributed by atoms with E-state index in [1.165, 1.54) is 50.7 Å². The summed E-state index contributed by atoms with van der Waals surface area (Å²) in [5.74, 6) is 0.561. The van der Waals surface area contributed by atoms with Gasteiger partial charge in [-0.25, -0.2) is 4.39 Å². The normalized spacial score (nSPS) is 19.4. The summed E-state index contributed by atoms with van der Waals surface area (Å²) in [5, 5.41) is 0.480. The molecule has 3 heteroatoms. The molecule has 0 spiro atoms. The highest BCUT2D eigenvalue weighted by Crippen LogP contribution is 2.34. The Morgan fingerprint density at radius 1 is 1.11 bits per heavy atom. The van der Waals surface area contributed by atoms with Gasteiger partial charge in [0.15, 0.2) is 0 Å². The molecule has 1 aromatic rings. The van der Waals surface area contributed by atoms with Gasteiger partial charge in [-0.2, -0.15) is 0 Å². The third kappa shape index (κ3) is 3.99. The first-order valence-electron chi connectivity index (χ1n) is 6.92. The van der Waals surface area contributed by atoms with E-state index in [0.29, 0.717) is 11.8 Å². The SMILES string of the molecule is NCC(Sc1ccc(F)cc1)C1CCCCCC1. The van der Waals surface area contributed by atoms with Crippen LogP contribution in [0, 0.1) is 11.7 Å². The van der Waals surface area contributed by atoms with Crippen molar-refractivity contribution in [1.82, 2.24) is 0 Å². The molecule has 0 bridgehead atoms. The Labute approximate surface area is 113 Å². The van der Waals surface area contributed by atoms with Crippen LogP contribution in [-0.4, -0.2) is 11.8 Å². The number of nitrogens with two attached hydrogens (primary N) is 1. The molecule has 2 N–H and O–H groups in total. The van der Waals surface area contributed by atoms with Crippen LogP contribution >= 0.6 is 11.8 Å². The third-order valence-corrected chi connectivity index (χ3v) is 5.18. The summed E-state index contributed by atoms with van der Waals surface area (Å²) < 4.78 is 12.9. The van der Waals surface area contributed by atoms with Crippen LogP contribution < -0.4 is 5.73 Å². The Morgan fingerprint density at radius 2 is 1.72 bits per heavy atom. The van der Waals surface area contributed by atoms with Crippen LogP contribution in [0.15, 0.2) is 29.2 Å². The average Bonchev–Trinajstić information content (AvgIpc) is 2.67. The van der Waals surface area contributed by atoms with Crippen LogP contribution in [0.1, 0.15) is 38.5 Å². The number of benzene rings is 1. The number of hydrogen-bond donors (Lipinski definition) is 1. The lowest BCUT2D eigenvalue weighted by Crippen LogP contribution is -2.26. The summed E-state index contributed by atoms with van der Waals surface area (Å²) in [5.41, 5.74) is 5.94. The van der Waals surface area contributed by atoms with Gasteiger partial charge >= 0.3 is 0 Å². The Hall–Kier alpha value is -0.540. The predicted octanol–water partition coefficient (Wildman–Crippen LogP) is 4.22. The lowest BCUT2D eigenvalue weighted by molar-refractivity contribution is 0.445. The number of hydrogen-bond acceptors (Lipinski definition) is 2. The van der Waals surface area contributed by atoms with Crippen molar-refractivity contribution < 1.29 is 4.39 Å². The molecule has 0 saturated heterocycles. The second kappa shape index (κ2) is 7.15. The molecule has 1 atom stereocenters. The van der Waals surface area contributed by atoms with E-state index in [1.807, 2.05) is 23.9 Å². The van der Waals surface area contributed by atoms with Gasteiger partial charge in [-0.3, -0.25) is 0 Å². The van der Waals surface area contributed by atoms with Gasteiger partial charge in [-0.1, -0.05) is 25.7 Å². The highest BCUT2D eigenvalue weighted by Gasteiger charge is 2.22. The molecular weight excluding hydrogens is 245 g/mol. The summed E-state index contributed by atoms with van der Waals surface area (Å²) in [6, 6.07) is 6.78. The van der Waals surface area contributed by atoms with E-state index in [2.05, 4.69) is 0 Å². The summed E-state index contributed by atoms with van der Waals surface area (Å²) in [4.78, 5) is 1.14. The van der Waals surface area contributed by atoms with Crippen molar-refractivity contribution in [1.29, 1.82) is 0 Å². The van der Waals surface area contributed by atoms with Crippen molar-refractivity contribution in [3.63, 3.8) is 0 Å². The molecule has 1 fully saturated rings. The minimum atomic E-state index is -0.168. The molecule has 1 nitrogen and oxygen atoms in total. The molecule has 1 unspecified atom stereocenters. The standard InChI is InChI=1S/C15H22FNS/c16-13-7-9-14(10-8-13)18-15(11-17)12-5-3-1-2-4-6-12/h7-10,12,15H,1-6,11,17H2. The van der Waals surface area contributed by atoms with Crippen LogP contribution in [0.25, 0.3) is 0 Å². The molecule has 0 aromatic heterocycles. The second-order valence-corrected chi connectivity index (χ2v) is 6.41. The molecule has 1 aliphatic carbocycles. The zero-order valence-electron chi connectivity index (χ0n) is 10.8. The topological polar surface area (TPSA) is 26.0 Å². The van der Waals surface area contributed by atoms with Gasteiger partial charge in [-0.05, 0) is 43.0 Å². The van der Waals surface area contributed by atoms with E-state index in [-0.39, 0.29) is 5.82 Å². The van der Waals surface area contributed by atoms with Crippen LogP contribution in [0.3, 0.4) is 0 Å². The maximum absolute atomic E-state index is 12.9. The van der Waals surface area contributed by atoms with E-state index in [0.717, 1.165) is 10.8 Å². The van der Waals surface area contributed by atoms with Crippen LogP contribution in [-0.2, 0) is 0 Å². The predicted molar refractivity (Wildman–Crippen MR) is 76.3 cm³/mol. The molecule has 0 heterocycles. The highest BCUT2D eigenvalue weighted by atomic mass is 32.2. The molecule has 0 amide bonds. The Balaban J connectivity index is 1.97. The Bertz CT molecular complexity index is 344. The van der Waals surface area contributed by atoms with Crippen LogP contribution in [0.4, 0.5) is 4.39 Å². The molecule has 2 rings (SSSR count). The van der Waals surface area contributed by atoms with Crippen molar-refractivity contribution in [3.05, 3.63) is 30.1 Å².